The van der Waals surface area contributed by atoms with Crippen molar-refractivity contribution < 1.29 is 23.9 Å². The zero-order chi connectivity index (χ0) is 22.4. The van der Waals surface area contributed by atoms with Gasteiger partial charge in [-0.25, -0.2) is 0 Å². The molecule has 2 amide bonds. The minimum atomic E-state index is -0.602. The molecule has 0 spiro atoms. The normalized spacial score (nSPS) is 15.6. The Morgan fingerprint density at radius 1 is 1.13 bits per heavy atom. The van der Waals surface area contributed by atoms with Crippen molar-refractivity contribution in [1.82, 2.24) is 5.32 Å². The molecule has 3 rings (SSSR count). The van der Waals surface area contributed by atoms with Crippen molar-refractivity contribution in [3.8, 4) is 11.5 Å². The Kier molecular flexibility index (Phi) is 7.09. The van der Waals surface area contributed by atoms with Crippen LogP contribution < -0.4 is 20.1 Å². The number of benzene rings is 2. The lowest BCUT2D eigenvalue weighted by molar-refractivity contribution is -0.122. The summed E-state index contributed by atoms with van der Waals surface area (Å²) >= 11 is 1.02. The lowest BCUT2D eigenvalue weighted by Gasteiger charge is -2.08. The summed E-state index contributed by atoms with van der Waals surface area (Å²) in [7, 11) is 3.10. The number of allylic oxidation sites excluding steroid dienone is 1. The zero-order valence-electron chi connectivity index (χ0n) is 16.9. The van der Waals surface area contributed by atoms with Gasteiger partial charge < -0.3 is 20.1 Å². The van der Waals surface area contributed by atoms with Crippen LogP contribution in [0.4, 0.5) is 5.69 Å². The number of carbonyl (C=O) groups is 3. The Morgan fingerprint density at radius 2 is 1.84 bits per heavy atom. The molecular formula is C22H21N3O5S. The van der Waals surface area contributed by atoms with Gasteiger partial charge >= 0.3 is 0 Å². The monoisotopic (exact) mass is 439 g/mol. The predicted octanol–water partition coefficient (Wildman–Crippen LogP) is 3.09. The Bertz CT molecular complexity index is 1050. The summed E-state index contributed by atoms with van der Waals surface area (Å²) in [6.07, 6.45) is 3.11. The van der Waals surface area contributed by atoms with Crippen molar-refractivity contribution in [1.29, 1.82) is 5.41 Å². The Labute approximate surface area is 183 Å². The largest absolute Gasteiger partial charge is 0.493 e. The summed E-state index contributed by atoms with van der Waals surface area (Å²) in [6.45, 7) is 0. The van der Waals surface area contributed by atoms with Crippen molar-refractivity contribution in [2.75, 3.05) is 19.5 Å². The maximum Gasteiger partial charge on any atom is 0.240 e. The van der Waals surface area contributed by atoms with E-state index in [0.29, 0.717) is 22.7 Å². The molecule has 0 saturated carbocycles. The van der Waals surface area contributed by atoms with E-state index in [2.05, 4.69) is 10.6 Å². The molecule has 9 heteroatoms. The summed E-state index contributed by atoms with van der Waals surface area (Å²) in [5.74, 6) is 0.309. The van der Waals surface area contributed by atoms with E-state index in [1.165, 1.54) is 6.08 Å². The molecule has 1 aliphatic heterocycles. The number of hydrogen-bond donors (Lipinski definition) is 3. The van der Waals surface area contributed by atoms with Gasteiger partial charge in [0.1, 0.15) is 5.25 Å². The van der Waals surface area contributed by atoms with Gasteiger partial charge in [0, 0.05) is 17.7 Å². The summed E-state index contributed by atoms with van der Waals surface area (Å²) in [4.78, 5) is 36.2. The van der Waals surface area contributed by atoms with Gasteiger partial charge in [0.15, 0.2) is 22.4 Å². The first-order valence-corrected chi connectivity index (χ1v) is 10.2. The Morgan fingerprint density at radius 3 is 2.45 bits per heavy atom. The van der Waals surface area contributed by atoms with Crippen LogP contribution in [0.3, 0.4) is 0 Å². The minimum Gasteiger partial charge on any atom is -0.493 e. The molecule has 1 heterocycles. The molecule has 1 unspecified atom stereocenters. The van der Waals surface area contributed by atoms with Crippen molar-refractivity contribution in [3.05, 3.63) is 59.7 Å². The molecule has 8 nitrogen and oxygen atoms in total. The number of ketones is 1. The summed E-state index contributed by atoms with van der Waals surface area (Å²) in [5, 5.41) is 11.9. The molecule has 160 valence electrons. The topological polar surface area (TPSA) is 118 Å². The van der Waals surface area contributed by atoms with Gasteiger partial charge in [-0.05, 0) is 48.0 Å². The maximum atomic E-state index is 12.4. The molecule has 1 atom stereocenters. The number of amides is 2. The third kappa shape index (κ3) is 5.73. The van der Waals surface area contributed by atoms with Crippen LogP contribution in [-0.4, -0.2) is 42.2 Å². The van der Waals surface area contributed by atoms with Crippen LogP contribution in [0.15, 0.2) is 48.5 Å². The molecular weight excluding hydrogens is 418 g/mol. The summed E-state index contributed by atoms with van der Waals surface area (Å²) in [6, 6.07) is 11.8. The maximum absolute atomic E-state index is 12.4. The average Bonchev–Trinajstić information content (AvgIpc) is 3.08. The molecule has 0 bridgehead atoms. The second kappa shape index (κ2) is 9.94. The first kappa shape index (κ1) is 22.1. The van der Waals surface area contributed by atoms with Crippen LogP contribution in [0.2, 0.25) is 0 Å². The lowest BCUT2D eigenvalue weighted by Crippen LogP contribution is -2.27. The van der Waals surface area contributed by atoms with Crippen LogP contribution in [0.1, 0.15) is 22.3 Å². The van der Waals surface area contributed by atoms with Crippen molar-refractivity contribution in [3.63, 3.8) is 0 Å². The van der Waals surface area contributed by atoms with Crippen molar-refractivity contribution in [2.24, 2.45) is 0 Å². The highest BCUT2D eigenvalue weighted by atomic mass is 32.2. The quantitative estimate of drug-likeness (QED) is 0.430. The van der Waals surface area contributed by atoms with Gasteiger partial charge in [-0.2, -0.15) is 0 Å². The second-order valence-electron chi connectivity index (χ2n) is 6.57. The smallest absolute Gasteiger partial charge is 0.240 e. The number of nitrogens with one attached hydrogen (secondary N) is 3. The van der Waals surface area contributed by atoms with Gasteiger partial charge in [-0.1, -0.05) is 23.9 Å². The third-order valence-corrected chi connectivity index (χ3v) is 5.45. The predicted molar refractivity (Wildman–Crippen MR) is 120 cm³/mol. The number of thioether (sulfide) groups is 1. The Balaban J connectivity index is 1.58. The van der Waals surface area contributed by atoms with E-state index in [4.69, 9.17) is 14.9 Å². The van der Waals surface area contributed by atoms with Crippen LogP contribution in [-0.2, 0) is 9.59 Å². The van der Waals surface area contributed by atoms with Gasteiger partial charge in [-0.3, -0.25) is 19.8 Å². The molecule has 2 aromatic rings. The third-order valence-electron chi connectivity index (χ3n) is 4.45. The molecule has 0 radical (unpaired) electrons. The number of ether oxygens (including phenoxy) is 2. The first-order valence-electron chi connectivity index (χ1n) is 9.30. The van der Waals surface area contributed by atoms with E-state index in [1.54, 1.807) is 56.7 Å². The van der Waals surface area contributed by atoms with Gasteiger partial charge in [0.2, 0.25) is 11.8 Å². The molecule has 1 aliphatic rings. The van der Waals surface area contributed by atoms with E-state index in [1.807, 2.05) is 6.07 Å². The van der Waals surface area contributed by atoms with E-state index in [0.717, 1.165) is 17.3 Å². The lowest BCUT2D eigenvalue weighted by atomic mass is 10.1. The molecule has 3 N–H and O–H groups in total. The highest BCUT2D eigenvalue weighted by Gasteiger charge is 2.31. The number of anilines is 1. The molecule has 1 saturated heterocycles. The van der Waals surface area contributed by atoms with E-state index < -0.39 is 5.25 Å². The van der Waals surface area contributed by atoms with Crippen molar-refractivity contribution in [2.45, 2.75) is 11.7 Å². The van der Waals surface area contributed by atoms with Gasteiger partial charge in [0.05, 0.1) is 14.2 Å². The van der Waals surface area contributed by atoms with Crippen LogP contribution in [0, 0.1) is 5.41 Å². The van der Waals surface area contributed by atoms with Crippen LogP contribution in [0.25, 0.3) is 6.08 Å². The van der Waals surface area contributed by atoms with E-state index >= 15 is 0 Å². The molecule has 0 aromatic heterocycles. The molecule has 1 fully saturated rings. The number of amidine groups is 1. The Hall–Kier alpha value is -3.59. The van der Waals surface area contributed by atoms with Crippen LogP contribution >= 0.6 is 11.8 Å². The average molecular weight is 439 g/mol. The summed E-state index contributed by atoms with van der Waals surface area (Å²) in [5.41, 5.74) is 1.77. The van der Waals surface area contributed by atoms with Gasteiger partial charge in [0.25, 0.3) is 0 Å². The fraction of sp³-hybridized carbons (Fsp3) is 0.182. The van der Waals surface area contributed by atoms with Gasteiger partial charge in [-0.15, -0.1) is 0 Å². The van der Waals surface area contributed by atoms with Crippen LogP contribution in [0.5, 0.6) is 11.5 Å². The fourth-order valence-corrected chi connectivity index (χ4v) is 3.72. The van der Waals surface area contributed by atoms with Crippen molar-refractivity contribution >= 4 is 46.3 Å². The number of carbonyl (C=O) groups excluding carboxylic acids is 3. The number of hydrogen-bond acceptors (Lipinski definition) is 7. The molecule has 0 aliphatic carbocycles. The van der Waals surface area contributed by atoms with E-state index in [9.17, 15) is 14.4 Å². The first-order chi connectivity index (χ1) is 14.9. The number of methoxy groups -OCH3 is 2. The molecule has 31 heavy (non-hydrogen) atoms. The minimum absolute atomic E-state index is 0.0341. The highest BCUT2D eigenvalue weighted by molar-refractivity contribution is 8.15. The molecule has 2 aromatic carbocycles. The number of rotatable bonds is 8. The zero-order valence-corrected chi connectivity index (χ0v) is 17.7. The standard InChI is InChI=1S/C22H21N3O5S/c1-29-17-10-4-13(11-18(17)30-2)3-9-16(26)14-5-7-15(8-6-14)24-20(27)12-19-21(28)25-22(23)31-19/h3-11,19H,12H2,1-2H3,(H,24,27)(H2,23,25,28). The summed E-state index contributed by atoms with van der Waals surface area (Å²) < 4.78 is 10.4. The SMILES string of the molecule is COc1ccc(C=CC(=O)c2ccc(NC(=O)CC3SC(=N)NC3=O)cc2)cc1OC. The van der Waals surface area contributed by atoms with E-state index in [-0.39, 0.29) is 29.2 Å². The highest BCUT2D eigenvalue weighted by Crippen LogP contribution is 2.28. The fourth-order valence-electron chi connectivity index (χ4n) is 2.87. The second-order valence-corrected chi connectivity index (χ2v) is 7.78.